The Morgan fingerprint density at radius 3 is 2.42 bits per heavy atom. The van der Waals surface area contributed by atoms with Crippen LogP contribution in [-0.4, -0.2) is 18.5 Å². The molecule has 0 aliphatic rings. The molecule has 0 fully saturated rings. The van der Waals surface area contributed by atoms with Crippen LogP contribution in [-0.2, 0) is 4.74 Å². The minimum absolute atomic E-state index is 0.0415. The first kappa shape index (κ1) is 15.2. The Morgan fingerprint density at radius 2 is 1.84 bits per heavy atom. The molecule has 0 saturated carbocycles. The van der Waals surface area contributed by atoms with Crippen LogP contribution in [0.25, 0.3) is 0 Å². The third-order valence-electron chi connectivity index (χ3n) is 2.93. The number of hydrogen-bond acceptors (Lipinski definition) is 3. The molecule has 1 rings (SSSR count). The second kappa shape index (κ2) is 6.92. The number of amides is 1. The molecular formula is C15H21NO3. The van der Waals surface area contributed by atoms with Crippen LogP contribution in [0.2, 0.25) is 0 Å². The molecule has 1 aromatic carbocycles. The highest BCUT2D eigenvalue weighted by atomic mass is 16.5. The Labute approximate surface area is 113 Å². The van der Waals surface area contributed by atoms with E-state index < -0.39 is 6.09 Å². The fourth-order valence-electron chi connectivity index (χ4n) is 1.96. The molecule has 19 heavy (non-hydrogen) atoms. The fraction of sp³-hybridized carbons (Fsp3) is 0.467. The van der Waals surface area contributed by atoms with Crippen molar-refractivity contribution in [3.05, 3.63) is 35.4 Å². The van der Waals surface area contributed by atoms with E-state index in [0.29, 0.717) is 12.3 Å². The molecule has 4 heteroatoms. The number of Topliss-reactive ketones (excluding diaryl/α,β-unsaturated/α-hetero) is 1. The molecule has 0 spiro atoms. The SMILES string of the molecule is CC(C)c1ccccc1C(=O)C[C@H](C)COC(N)=O. The number of primary amides is 1. The summed E-state index contributed by atoms with van der Waals surface area (Å²) < 4.78 is 4.70. The molecule has 0 unspecified atom stereocenters. The second-order valence-corrected chi connectivity index (χ2v) is 5.10. The highest BCUT2D eigenvalue weighted by molar-refractivity contribution is 5.97. The normalized spacial score (nSPS) is 12.2. The van der Waals surface area contributed by atoms with E-state index in [1.165, 1.54) is 0 Å². The summed E-state index contributed by atoms with van der Waals surface area (Å²) in [6, 6.07) is 7.62. The topological polar surface area (TPSA) is 69.4 Å². The summed E-state index contributed by atoms with van der Waals surface area (Å²) in [6.07, 6.45) is -0.460. The van der Waals surface area contributed by atoms with Gasteiger partial charge >= 0.3 is 6.09 Å². The summed E-state index contributed by atoms with van der Waals surface area (Å²) in [7, 11) is 0. The first-order chi connectivity index (χ1) is 8.91. The zero-order valence-electron chi connectivity index (χ0n) is 11.7. The maximum absolute atomic E-state index is 12.3. The maximum Gasteiger partial charge on any atom is 0.404 e. The van der Waals surface area contributed by atoms with Crippen LogP contribution in [0.4, 0.5) is 4.79 Å². The molecule has 1 aromatic rings. The molecular weight excluding hydrogens is 242 g/mol. The largest absolute Gasteiger partial charge is 0.449 e. The molecule has 0 aliphatic heterocycles. The lowest BCUT2D eigenvalue weighted by atomic mass is 9.91. The molecule has 1 amide bonds. The van der Waals surface area contributed by atoms with E-state index in [-0.39, 0.29) is 18.3 Å². The summed E-state index contributed by atoms with van der Waals surface area (Å²) in [5.41, 5.74) is 6.71. The Balaban J connectivity index is 2.70. The van der Waals surface area contributed by atoms with Crippen molar-refractivity contribution in [2.45, 2.75) is 33.1 Å². The predicted octanol–water partition coefficient (Wildman–Crippen LogP) is 3.11. The fourth-order valence-corrected chi connectivity index (χ4v) is 1.96. The molecule has 1 atom stereocenters. The highest BCUT2D eigenvalue weighted by Crippen LogP contribution is 2.21. The van der Waals surface area contributed by atoms with Crippen LogP contribution >= 0.6 is 0 Å². The van der Waals surface area contributed by atoms with Crippen molar-refractivity contribution in [1.29, 1.82) is 0 Å². The van der Waals surface area contributed by atoms with Gasteiger partial charge in [0.15, 0.2) is 5.78 Å². The highest BCUT2D eigenvalue weighted by Gasteiger charge is 2.16. The number of carbonyl (C=O) groups excluding carboxylic acids is 2. The van der Waals surface area contributed by atoms with Gasteiger partial charge < -0.3 is 10.5 Å². The Hall–Kier alpha value is -1.84. The van der Waals surface area contributed by atoms with Gasteiger partial charge in [-0.25, -0.2) is 4.79 Å². The van der Waals surface area contributed by atoms with E-state index >= 15 is 0 Å². The number of nitrogens with two attached hydrogens (primary N) is 1. The number of carbonyl (C=O) groups is 2. The Kier molecular flexibility index (Phi) is 5.55. The van der Waals surface area contributed by atoms with E-state index in [1.54, 1.807) is 0 Å². The van der Waals surface area contributed by atoms with Crippen LogP contribution < -0.4 is 5.73 Å². The lowest BCUT2D eigenvalue weighted by Gasteiger charge is -2.14. The zero-order valence-corrected chi connectivity index (χ0v) is 11.7. The van der Waals surface area contributed by atoms with Gasteiger partial charge in [-0.15, -0.1) is 0 Å². The molecule has 4 nitrogen and oxygen atoms in total. The third-order valence-corrected chi connectivity index (χ3v) is 2.93. The van der Waals surface area contributed by atoms with E-state index in [0.717, 1.165) is 11.1 Å². The van der Waals surface area contributed by atoms with Crippen molar-refractivity contribution in [2.24, 2.45) is 11.7 Å². The van der Waals surface area contributed by atoms with Crippen LogP contribution in [0.1, 0.15) is 49.0 Å². The van der Waals surface area contributed by atoms with Crippen molar-refractivity contribution >= 4 is 11.9 Å². The quantitative estimate of drug-likeness (QED) is 0.802. The van der Waals surface area contributed by atoms with E-state index in [9.17, 15) is 9.59 Å². The summed E-state index contributed by atoms with van der Waals surface area (Å²) in [5, 5.41) is 0. The van der Waals surface area contributed by atoms with Gasteiger partial charge in [-0.3, -0.25) is 4.79 Å². The van der Waals surface area contributed by atoms with Crippen molar-refractivity contribution in [1.82, 2.24) is 0 Å². The minimum Gasteiger partial charge on any atom is -0.449 e. The monoisotopic (exact) mass is 263 g/mol. The summed E-state index contributed by atoms with van der Waals surface area (Å²) in [5.74, 6) is 0.336. The lowest BCUT2D eigenvalue weighted by Crippen LogP contribution is -2.19. The van der Waals surface area contributed by atoms with Crippen molar-refractivity contribution in [3.8, 4) is 0 Å². The van der Waals surface area contributed by atoms with Crippen molar-refractivity contribution in [3.63, 3.8) is 0 Å². The zero-order chi connectivity index (χ0) is 14.4. The lowest BCUT2D eigenvalue weighted by molar-refractivity contribution is 0.0921. The minimum atomic E-state index is -0.804. The Morgan fingerprint density at radius 1 is 1.21 bits per heavy atom. The smallest absolute Gasteiger partial charge is 0.404 e. The number of hydrogen-bond donors (Lipinski definition) is 1. The molecule has 2 N–H and O–H groups in total. The number of ether oxygens (including phenoxy) is 1. The van der Waals surface area contributed by atoms with Crippen LogP contribution in [0.3, 0.4) is 0 Å². The summed E-state index contributed by atoms with van der Waals surface area (Å²) >= 11 is 0. The maximum atomic E-state index is 12.3. The van der Waals surface area contributed by atoms with Gasteiger partial charge in [0, 0.05) is 12.0 Å². The first-order valence-corrected chi connectivity index (χ1v) is 6.46. The molecule has 104 valence electrons. The second-order valence-electron chi connectivity index (χ2n) is 5.10. The summed E-state index contributed by atoms with van der Waals surface area (Å²) in [4.78, 5) is 22.8. The van der Waals surface area contributed by atoms with Gasteiger partial charge in [0.05, 0.1) is 6.61 Å². The molecule has 0 heterocycles. The predicted molar refractivity (Wildman–Crippen MR) is 74.2 cm³/mol. The van der Waals surface area contributed by atoms with Gasteiger partial charge in [0.25, 0.3) is 0 Å². The molecule has 0 bridgehead atoms. The average molecular weight is 263 g/mol. The molecule has 0 saturated heterocycles. The Bertz CT molecular complexity index is 454. The number of benzene rings is 1. The average Bonchev–Trinajstić information content (AvgIpc) is 2.36. The van der Waals surface area contributed by atoms with Gasteiger partial charge in [-0.1, -0.05) is 45.0 Å². The van der Waals surface area contributed by atoms with Crippen LogP contribution in [0, 0.1) is 5.92 Å². The van der Waals surface area contributed by atoms with Crippen LogP contribution in [0.15, 0.2) is 24.3 Å². The van der Waals surface area contributed by atoms with Gasteiger partial charge in [0.2, 0.25) is 0 Å². The third kappa shape index (κ3) is 4.73. The molecule has 0 radical (unpaired) electrons. The van der Waals surface area contributed by atoms with Gasteiger partial charge in [-0.05, 0) is 17.4 Å². The molecule has 0 aliphatic carbocycles. The van der Waals surface area contributed by atoms with Crippen molar-refractivity contribution in [2.75, 3.05) is 6.61 Å². The van der Waals surface area contributed by atoms with Gasteiger partial charge in [0.1, 0.15) is 0 Å². The summed E-state index contributed by atoms with van der Waals surface area (Å²) in [6.45, 7) is 6.15. The van der Waals surface area contributed by atoms with E-state index in [4.69, 9.17) is 10.5 Å². The molecule has 0 aromatic heterocycles. The standard InChI is InChI=1S/C15H21NO3/c1-10(2)12-6-4-5-7-13(12)14(17)8-11(3)9-19-15(16)18/h4-7,10-11H,8-9H2,1-3H3,(H2,16,18)/t11-/m0/s1. The number of rotatable bonds is 6. The van der Waals surface area contributed by atoms with Gasteiger partial charge in [-0.2, -0.15) is 0 Å². The van der Waals surface area contributed by atoms with Crippen LogP contribution in [0.5, 0.6) is 0 Å². The number of ketones is 1. The van der Waals surface area contributed by atoms with Crippen molar-refractivity contribution < 1.29 is 14.3 Å². The van der Waals surface area contributed by atoms with E-state index in [2.05, 4.69) is 13.8 Å². The van der Waals surface area contributed by atoms with E-state index in [1.807, 2.05) is 31.2 Å². The first-order valence-electron chi connectivity index (χ1n) is 6.46.